The monoisotopic (exact) mass is 322 g/mol. The smallest absolute Gasteiger partial charge is 0.230 e. The van der Waals surface area contributed by atoms with E-state index in [1.807, 2.05) is 31.2 Å². The van der Waals surface area contributed by atoms with Crippen LogP contribution in [0.4, 0.5) is 0 Å². The van der Waals surface area contributed by atoms with Crippen LogP contribution < -0.4 is 11.1 Å². The van der Waals surface area contributed by atoms with E-state index in [9.17, 15) is 4.79 Å². The maximum absolute atomic E-state index is 11.5. The summed E-state index contributed by atoms with van der Waals surface area (Å²) in [6, 6.07) is 7.81. The highest BCUT2D eigenvalue weighted by Crippen LogP contribution is 2.15. The molecule has 0 aliphatic rings. The van der Waals surface area contributed by atoms with E-state index in [0.717, 1.165) is 17.2 Å². The molecule has 3 nitrogen and oxygen atoms in total. The van der Waals surface area contributed by atoms with Crippen LogP contribution in [0.1, 0.15) is 18.9 Å². The largest absolute Gasteiger partial charge is 0.355 e. The molecule has 0 bridgehead atoms. The SMILES string of the molecule is CC(N)CCNC(=O)CSCc1ccc(Cl)cc1.Cl. The molecule has 1 unspecified atom stereocenters. The first-order chi connectivity index (χ1) is 8.58. The van der Waals surface area contributed by atoms with Gasteiger partial charge in [-0.15, -0.1) is 24.2 Å². The number of carbonyl (C=O) groups is 1. The molecule has 108 valence electrons. The van der Waals surface area contributed by atoms with Gasteiger partial charge in [0.05, 0.1) is 5.75 Å². The second-order valence-corrected chi connectivity index (χ2v) is 5.66. The van der Waals surface area contributed by atoms with E-state index in [-0.39, 0.29) is 24.4 Å². The Morgan fingerprint density at radius 1 is 1.42 bits per heavy atom. The lowest BCUT2D eigenvalue weighted by atomic mass is 10.2. The fraction of sp³-hybridized carbons (Fsp3) is 0.462. The molecule has 1 aromatic rings. The van der Waals surface area contributed by atoms with E-state index < -0.39 is 0 Å². The van der Waals surface area contributed by atoms with Crippen LogP contribution in [0.3, 0.4) is 0 Å². The molecule has 0 aliphatic heterocycles. The Balaban J connectivity index is 0.00000324. The third kappa shape index (κ3) is 9.16. The van der Waals surface area contributed by atoms with Crippen LogP contribution in [0.2, 0.25) is 5.02 Å². The zero-order valence-electron chi connectivity index (χ0n) is 10.9. The van der Waals surface area contributed by atoms with Crippen molar-refractivity contribution in [2.24, 2.45) is 5.73 Å². The van der Waals surface area contributed by atoms with Gasteiger partial charge in [-0.05, 0) is 31.0 Å². The van der Waals surface area contributed by atoms with Gasteiger partial charge in [0.1, 0.15) is 0 Å². The second-order valence-electron chi connectivity index (χ2n) is 4.24. The molecule has 1 atom stereocenters. The number of nitrogens with one attached hydrogen (secondary N) is 1. The first-order valence-electron chi connectivity index (χ1n) is 5.92. The van der Waals surface area contributed by atoms with Gasteiger partial charge < -0.3 is 11.1 Å². The number of halogens is 2. The Bertz CT molecular complexity index is 371. The Morgan fingerprint density at radius 3 is 2.63 bits per heavy atom. The molecule has 0 spiro atoms. The Hall–Kier alpha value is -0.420. The van der Waals surface area contributed by atoms with Crippen LogP contribution in [0, 0.1) is 0 Å². The molecule has 1 aromatic carbocycles. The van der Waals surface area contributed by atoms with Crippen LogP contribution in [0.5, 0.6) is 0 Å². The number of hydrogen-bond donors (Lipinski definition) is 2. The molecule has 1 amide bonds. The molecule has 6 heteroatoms. The van der Waals surface area contributed by atoms with Gasteiger partial charge in [0, 0.05) is 23.4 Å². The molecular weight excluding hydrogens is 303 g/mol. The second kappa shape index (κ2) is 10.4. The molecule has 0 fully saturated rings. The van der Waals surface area contributed by atoms with E-state index in [1.54, 1.807) is 11.8 Å². The molecule has 3 N–H and O–H groups in total. The van der Waals surface area contributed by atoms with Gasteiger partial charge in [0.2, 0.25) is 5.91 Å². The number of benzene rings is 1. The predicted molar refractivity (Wildman–Crippen MR) is 86.1 cm³/mol. The third-order valence-electron chi connectivity index (χ3n) is 2.34. The van der Waals surface area contributed by atoms with E-state index >= 15 is 0 Å². The first kappa shape index (κ1) is 18.6. The van der Waals surface area contributed by atoms with Gasteiger partial charge in [-0.2, -0.15) is 0 Å². The van der Waals surface area contributed by atoms with E-state index in [1.165, 1.54) is 5.56 Å². The minimum absolute atomic E-state index is 0. The van der Waals surface area contributed by atoms with Gasteiger partial charge in [-0.25, -0.2) is 0 Å². The maximum Gasteiger partial charge on any atom is 0.230 e. The number of hydrogen-bond acceptors (Lipinski definition) is 3. The van der Waals surface area contributed by atoms with Crippen molar-refractivity contribution in [3.05, 3.63) is 34.9 Å². The van der Waals surface area contributed by atoms with Crippen LogP contribution in [-0.4, -0.2) is 24.2 Å². The van der Waals surface area contributed by atoms with Crippen molar-refractivity contribution in [2.75, 3.05) is 12.3 Å². The summed E-state index contributed by atoms with van der Waals surface area (Å²) in [5.74, 6) is 1.36. The normalized spacial score (nSPS) is 11.5. The number of rotatable bonds is 7. The average Bonchev–Trinajstić information content (AvgIpc) is 2.31. The van der Waals surface area contributed by atoms with Gasteiger partial charge in [0.15, 0.2) is 0 Å². The summed E-state index contributed by atoms with van der Waals surface area (Å²) in [6.07, 6.45) is 0.813. The Morgan fingerprint density at radius 2 is 2.05 bits per heavy atom. The van der Waals surface area contributed by atoms with Crippen LogP contribution >= 0.6 is 35.8 Å². The summed E-state index contributed by atoms with van der Waals surface area (Å²) >= 11 is 7.39. The molecule has 0 saturated carbocycles. The van der Waals surface area contributed by atoms with Gasteiger partial charge in [-0.1, -0.05) is 23.7 Å². The highest BCUT2D eigenvalue weighted by atomic mass is 35.5. The topological polar surface area (TPSA) is 55.1 Å². The van der Waals surface area contributed by atoms with Crippen molar-refractivity contribution in [2.45, 2.75) is 25.1 Å². The predicted octanol–water partition coefficient (Wildman–Crippen LogP) is 2.85. The summed E-state index contributed by atoms with van der Waals surface area (Å²) in [5, 5.41) is 3.58. The fourth-order valence-electron chi connectivity index (χ4n) is 1.33. The van der Waals surface area contributed by atoms with Crippen LogP contribution in [0.25, 0.3) is 0 Å². The van der Waals surface area contributed by atoms with Crippen LogP contribution in [-0.2, 0) is 10.5 Å². The van der Waals surface area contributed by atoms with E-state index in [2.05, 4.69) is 5.32 Å². The molecule has 19 heavy (non-hydrogen) atoms. The number of carbonyl (C=O) groups excluding carboxylic acids is 1. The van der Waals surface area contributed by atoms with E-state index in [0.29, 0.717) is 12.3 Å². The standard InChI is InChI=1S/C13H19ClN2OS.ClH/c1-10(15)6-7-16-13(17)9-18-8-11-2-4-12(14)5-3-11;/h2-5,10H,6-9,15H2,1H3,(H,16,17);1H. The minimum atomic E-state index is 0. The zero-order valence-corrected chi connectivity index (χ0v) is 13.3. The number of thioether (sulfide) groups is 1. The molecule has 0 radical (unpaired) electrons. The lowest BCUT2D eigenvalue weighted by Gasteiger charge is -2.07. The fourth-order valence-corrected chi connectivity index (χ4v) is 2.28. The minimum Gasteiger partial charge on any atom is -0.355 e. The van der Waals surface area contributed by atoms with Crippen molar-refractivity contribution in [1.29, 1.82) is 0 Å². The lowest BCUT2D eigenvalue weighted by molar-refractivity contribution is -0.118. The van der Waals surface area contributed by atoms with Crippen molar-refractivity contribution in [1.82, 2.24) is 5.32 Å². The van der Waals surface area contributed by atoms with Gasteiger partial charge >= 0.3 is 0 Å². The third-order valence-corrected chi connectivity index (χ3v) is 3.59. The Labute approximate surface area is 130 Å². The number of amides is 1. The highest BCUT2D eigenvalue weighted by molar-refractivity contribution is 7.99. The lowest BCUT2D eigenvalue weighted by Crippen LogP contribution is -2.30. The van der Waals surface area contributed by atoms with Crippen molar-refractivity contribution >= 4 is 41.7 Å². The highest BCUT2D eigenvalue weighted by Gasteiger charge is 2.02. The van der Waals surface area contributed by atoms with Crippen LogP contribution in [0.15, 0.2) is 24.3 Å². The first-order valence-corrected chi connectivity index (χ1v) is 7.45. The van der Waals surface area contributed by atoms with E-state index in [4.69, 9.17) is 17.3 Å². The van der Waals surface area contributed by atoms with Crippen molar-refractivity contribution in [3.8, 4) is 0 Å². The average molecular weight is 323 g/mol. The maximum atomic E-state index is 11.5. The molecule has 0 aliphatic carbocycles. The number of nitrogens with two attached hydrogens (primary N) is 1. The van der Waals surface area contributed by atoms with Crippen molar-refractivity contribution < 1.29 is 4.79 Å². The van der Waals surface area contributed by atoms with Gasteiger partial charge in [-0.3, -0.25) is 4.79 Å². The Kier molecular flexibility index (Phi) is 10.1. The zero-order chi connectivity index (χ0) is 13.4. The summed E-state index contributed by atoms with van der Waals surface area (Å²) < 4.78 is 0. The summed E-state index contributed by atoms with van der Waals surface area (Å²) in [5.41, 5.74) is 6.77. The molecule has 1 rings (SSSR count). The summed E-state index contributed by atoms with van der Waals surface area (Å²) in [4.78, 5) is 11.5. The summed E-state index contributed by atoms with van der Waals surface area (Å²) in [6.45, 7) is 2.58. The molecule has 0 heterocycles. The van der Waals surface area contributed by atoms with Gasteiger partial charge in [0.25, 0.3) is 0 Å². The quantitative estimate of drug-likeness (QED) is 0.811. The molecule has 0 aromatic heterocycles. The summed E-state index contributed by atoms with van der Waals surface area (Å²) in [7, 11) is 0. The van der Waals surface area contributed by atoms with Crippen molar-refractivity contribution in [3.63, 3.8) is 0 Å². The molecule has 0 saturated heterocycles. The molecular formula is C13H20Cl2N2OS.